The van der Waals surface area contributed by atoms with Gasteiger partial charge in [-0.1, -0.05) is 12.1 Å². The second-order valence-electron chi connectivity index (χ2n) is 5.06. The van der Waals surface area contributed by atoms with Crippen molar-refractivity contribution in [3.05, 3.63) is 24.3 Å². The van der Waals surface area contributed by atoms with Gasteiger partial charge in [0.05, 0.1) is 0 Å². The highest BCUT2D eigenvalue weighted by molar-refractivity contribution is 7.92. The summed E-state index contributed by atoms with van der Waals surface area (Å²) in [5.74, 6) is 0. The monoisotopic (exact) mass is 347 g/mol. The van der Waals surface area contributed by atoms with Crippen molar-refractivity contribution in [1.29, 1.82) is 0 Å². The molecule has 7 nitrogen and oxygen atoms in total. The predicted octanol–water partition coefficient (Wildman–Crippen LogP) is -0.0312. The first-order chi connectivity index (χ1) is 10.4. The molecular weight excluding hydrogens is 326 g/mol. The maximum atomic E-state index is 12.7. The Morgan fingerprint density at radius 1 is 1.00 bits per heavy atom. The number of rotatable bonds is 7. The molecule has 22 heavy (non-hydrogen) atoms. The number of hydrogen-bond acceptors (Lipinski definition) is 5. The van der Waals surface area contributed by atoms with Crippen LogP contribution < -0.4 is 10.0 Å². The van der Waals surface area contributed by atoms with E-state index in [1.165, 1.54) is 28.6 Å². The van der Waals surface area contributed by atoms with Crippen LogP contribution in [0.4, 0.5) is 0 Å². The molecule has 1 aromatic rings. The predicted molar refractivity (Wildman–Crippen MR) is 83.6 cm³/mol. The molecule has 0 aromatic heterocycles. The van der Waals surface area contributed by atoms with Crippen LogP contribution >= 0.6 is 0 Å². The third-order valence-electron chi connectivity index (χ3n) is 3.49. The molecule has 0 spiro atoms. The molecule has 1 aliphatic rings. The van der Waals surface area contributed by atoms with E-state index in [1.54, 1.807) is 7.05 Å². The molecule has 2 rings (SSSR count). The Morgan fingerprint density at radius 2 is 1.59 bits per heavy atom. The molecule has 1 aliphatic heterocycles. The van der Waals surface area contributed by atoms with Crippen molar-refractivity contribution >= 4 is 20.0 Å². The van der Waals surface area contributed by atoms with Gasteiger partial charge in [-0.25, -0.2) is 21.6 Å². The minimum atomic E-state index is -3.87. The normalized spacial score (nSPS) is 17.0. The molecule has 2 N–H and O–H groups in total. The van der Waals surface area contributed by atoms with Gasteiger partial charge in [0.1, 0.15) is 9.79 Å². The van der Waals surface area contributed by atoms with Crippen molar-refractivity contribution in [1.82, 2.24) is 14.3 Å². The Balaban J connectivity index is 2.38. The molecule has 9 heteroatoms. The van der Waals surface area contributed by atoms with Crippen LogP contribution in [-0.2, 0) is 20.0 Å². The molecule has 1 saturated heterocycles. The van der Waals surface area contributed by atoms with Crippen molar-refractivity contribution in [2.45, 2.75) is 22.6 Å². The highest BCUT2D eigenvalue weighted by Gasteiger charge is 2.32. The molecule has 124 valence electrons. The van der Waals surface area contributed by atoms with Gasteiger partial charge < -0.3 is 5.32 Å². The van der Waals surface area contributed by atoms with Gasteiger partial charge in [0.2, 0.25) is 20.0 Å². The Morgan fingerprint density at radius 3 is 2.18 bits per heavy atom. The van der Waals surface area contributed by atoms with E-state index in [-0.39, 0.29) is 16.3 Å². The summed E-state index contributed by atoms with van der Waals surface area (Å²) in [7, 11) is -5.95. The summed E-state index contributed by atoms with van der Waals surface area (Å²) in [6.07, 6.45) is 1.60. The maximum absolute atomic E-state index is 12.7. The molecule has 1 aromatic carbocycles. The van der Waals surface area contributed by atoms with Gasteiger partial charge in [-0.2, -0.15) is 4.31 Å². The van der Waals surface area contributed by atoms with Gasteiger partial charge in [0.25, 0.3) is 0 Å². The Hall–Kier alpha value is -1.00. The highest BCUT2D eigenvalue weighted by Crippen LogP contribution is 2.26. The van der Waals surface area contributed by atoms with Crippen LogP contribution in [0, 0.1) is 0 Å². The Labute approximate surface area is 131 Å². The van der Waals surface area contributed by atoms with Gasteiger partial charge in [-0.15, -0.1) is 0 Å². The summed E-state index contributed by atoms with van der Waals surface area (Å²) in [6, 6.07) is 5.73. The topological polar surface area (TPSA) is 95.6 Å². The number of hydrogen-bond donors (Lipinski definition) is 2. The van der Waals surface area contributed by atoms with Crippen LogP contribution in [-0.4, -0.2) is 54.4 Å². The largest absolute Gasteiger partial charge is 0.318 e. The summed E-state index contributed by atoms with van der Waals surface area (Å²) in [5.41, 5.74) is 0. The second kappa shape index (κ2) is 7.05. The van der Waals surface area contributed by atoms with Crippen LogP contribution in [0.1, 0.15) is 12.8 Å². The van der Waals surface area contributed by atoms with E-state index in [0.717, 1.165) is 12.8 Å². The van der Waals surface area contributed by atoms with Crippen LogP contribution in [0.15, 0.2) is 34.1 Å². The minimum Gasteiger partial charge on any atom is -0.318 e. The van der Waals surface area contributed by atoms with Gasteiger partial charge >= 0.3 is 0 Å². The first-order valence-corrected chi connectivity index (χ1v) is 10.1. The lowest BCUT2D eigenvalue weighted by Gasteiger charge is -2.18. The molecule has 0 amide bonds. The standard InChI is InChI=1S/C13H21N3O4S2/c1-14-8-9-15-21(17,18)12-6-2-3-7-13(12)22(19,20)16-10-4-5-11-16/h2-3,6-7,14-15H,4-5,8-11H2,1H3. The molecule has 1 heterocycles. The fourth-order valence-corrected chi connectivity index (χ4v) is 5.69. The fourth-order valence-electron chi connectivity index (χ4n) is 2.34. The first kappa shape index (κ1) is 17.4. The second-order valence-corrected chi connectivity index (χ2v) is 8.70. The third kappa shape index (κ3) is 3.66. The van der Waals surface area contributed by atoms with E-state index < -0.39 is 20.0 Å². The zero-order valence-electron chi connectivity index (χ0n) is 12.4. The van der Waals surface area contributed by atoms with Crippen LogP contribution in [0.3, 0.4) is 0 Å². The molecule has 0 atom stereocenters. The number of sulfonamides is 2. The zero-order valence-corrected chi connectivity index (χ0v) is 14.1. The third-order valence-corrected chi connectivity index (χ3v) is 7.09. The first-order valence-electron chi connectivity index (χ1n) is 7.13. The van der Waals surface area contributed by atoms with E-state index in [9.17, 15) is 16.8 Å². The maximum Gasteiger partial charge on any atom is 0.244 e. The van der Waals surface area contributed by atoms with Gasteiger partial charge in [-0.05, 0) is 32.0 Å². The van der Waals surface area contributed by atoms with Gasteiger partial charge in [0, 0.05) is 26.2 Å². The molecule has 0 radical (unpaired) electrons. The van der Waals surface area contributed by atoms with E-state index in [0.29, 0.717) is 19.6 Å². The van der Waals surface area contributed by atoms with E-state index in [1.807, 2.05) is 0 Å². The molecule has 0 saturated carbocycles. The highest BCUT2D eigenvalue weighted by atomic mass is 32.2. The van der Waals surface area contributed by atoms with Gasteiger partial charge in [0.15, 0.2) is 0 Å². The quantitative estimate of drug-likeness (QED) is 0.675. The number of nitrogens with zero attached hydrogens (tertiary/aromatic N) is 1. The van der Waals surface area contributed by atoms with Gasteiger partial charge in [-0.3, -0.25) is 0 Å². The molecule has 0 unspecified atom stereocenters. The molecule has 1 fully saturated rings. The summed E-state index contributed by atoms with van der Waals surface area (Å²) in [5, 5.41) is 2.83. The smallest absolute Gasteiger partial charge is 0.244 e. The fraction of sp³-hybridized carbons (Fsp3) is 0.538. The van der Waals surface area contributed by atoms with Crippen LogP contribution in [0.2, 0.25) is 0 Å². The summed E-state index contributed by atoms with van der Waals surface area (Å²) >= 11 is 0. The molecule has 0 aliphatic carbocycles. The van der Waals surface area contributed by atoms with Crippen LogP contribution in [0.25, 0.3) is 0 Å². The molecular formula is C13H21N3O4S2. The van der Waals surface area contributed by atoms with Crippen LogP contribution in [0.5, 0.6) is 0 Å². The summed E-state index contributed by atoms with van der Waals surface area (Å²) in [6.45, 7) is 1.52. The summed E-state index contributed by atoms with van der Waals surface area (Å²) in [4.78, 5) is -0.355. The van der Waals surface area contributed by atoms with Crippen molar-refractivity contribution in [2.24, 2.45) is 0 Å². The SMILES string of the molecule is CNCCNS(=O)(=O)c1ccccc1S(=O)(=O)N1CCCC1. The van der Waals surface area contributed by atoms with Crippen molar-refractivity contribution < 1.29 is 16.8 Å². The number of likely N-dealkylation sites (N-methyl/N-ethyl adjacent to an activating group) is 1. The molecule has 0 bridgehead atoms. The Bertz CT molecular complexity index is 711. The van der Waals surface area contributed by atoms with E-state index in [2.05, 4.69) is 10.0 Å². The van der Waals surface area contributed by atoms with Crippen molar-refractivity contribution in [2.75, 3.05) is 33.2 Å². The minimum absolute atomic E-state index is 0.158. The zero-order chi connectivity index (χ0) is 16.2. The number of nitrogens with one attached hydrogen (secondary N) is 2. The summed E-state index contributed by atoms with van der Waals surface area (Å²) < 4.78 is 53.8. The average Bonchev–Trinajstić information content (AvgIpc) is 3.02. The number of benzene rings is 1. The van der Waals surface area contributed by atoms with Crippen molar-refractivity contribution in [3.63, 3.8) is 0 Å². The van der Waals surface area contributed by atoms with E-state index in [4.69, 9.17) is 0 Å². The Kier molecular flexibility index (Phi) is 5.56. The lowest BCUT2D eigenvalue weighted by Crippen LogP contribution is -2.33. The van der Waals surface area contributed by atoms with Crippen molar-refractivity contribution in [3.8, 4) is 0 Å². The average molecular weight is 347 g/mol. The van der Waals surface area contributed by atoms with E-state index >= 15 is 0 Å². The lowest BCUT2D eigenvalue weighted by molar-refractivity contribution is 0.474. The lowest BCUT2D eigenvalue weighted by atomic mass is 10.4.